The van der Waals surface area contributed by atoms with Crippen LogP contribution in [0.1, 0.15) is 35.4 Å². The highest BCUT2D eigenvalue weighted by Crippen LogP contribution is 2.34. The van der Waals surface area contributed by atoms with Crippen LogP contribution in [0.3, 0.4) is 0 Å². The van der Waals surface area contributed by atoms with E-state index in [0.717, 1.165) is 5.69 Å². The van der Waals surface area contributed by atoms with Gasteiger partial charge in [0.15, 0.2) is 0 Å². The second kappa shape index (κ2) is 3.49. The molecule has 0 aromatic heterocycles. The van der Waals surface area contributed by atoms with Gasteiger partial charge in [-0.3, -0.25) is 0 Å². The summed E-state index contributed by atoms with van der Waals surface area (Å²) < 4.78 is 0. The van der Waals surface area contributed by atoms with E-state index in [4.69, 9.17) is 5.73 Å². The molecule has 1 atom stereocenters. The number of nitrogen functional groups attached to an aromatic ring is 1. The third-order valence-corrected chi connectivity index (χ3v) is 2.98. The average molecular weight is 187 g/mol. The van der Waals surface area contributed by atoms with E-state index in [-0.39, 0.29) is 0 Å². The van der Waals surface area contributed by atoms with E-state index in [9.17, 15) is 0 Å². The number of rotatable bonds is 1. The number of anilines is 1. The summed E-state index contributed by atoms with van der Waals surface area (Å²) in [6.45, 7) is 4.22. The zero-order valence-corrected chi connectivity index (χ0v) is 8.88. The summed E-state index contributed by atoms with van der Waals surface area (Å²) in [6.07, 6.45) is 6.94. The summed E-state index contributed by atoms with van der Waals surface area (Å²) in [5, 5.41) is 0. The average Bonchev–Trinajstić information content (AvgIpc) is 2.63. The molecule has 14 heavy (non-hydrogen) atoms. The van der Waals surface area contributed by atoms with Crippen molar-refractivity contribution in [1.29, 1.82) is 0 Å². The van der Waals surface area contributed by atoms with Crippen LogP contribution < -0.4 is 5.73 Å². The van der Waals surface area contributed by atoms with Gasteiger partial charge in [-0.25, -0.2) is 0 Å². The zero-order valence-electron chi connectivity index (χ0n) is 8.88. The Balaban J connectivity index is 2.46. The highest BCUT2D eigenvalue weighted by atomic mass is 14.6. The molecule has 0 amide bonds. The van der Waals surface area contributed by atoms with Gasteiger partial charge in [-0.1, -0.05) is 29.8 Å². The molecule has 74 valence electrons. The summed E-state index contributed by atoms with van der Waals surface area (Å²) in [4.78, 5) is 0. The molecule has 1 aromatic carbocycles. The Morgan fingerprint density at radius 3 is 2.71 bits per heavy atom. The van der Waals surface area contributed by atoms with Gasteiger partial charge in [-0.05, 0) is 37.8 Å². The minimum absolute atomic E-state index is 0.550. The van der Waals surface area contributed by atoms with E-state index in [1.165, 1.54) is 29.5 Å². The number of allylic oxidation sites excluding steroid dienone is 2. The third kappa shape index (κ3) is 1.54. The molecule has 1 heteroatoms. The summed E-state index contributed by atoms with van der Waals surface area (Å²) in [6, 6.07) is 4.38. The molecule has 0 saturated carbocycles. The van der Waals surface area contributed by atoms with Crippen LogP contribution >= 0.6 is 0 Å². The van der Waals surface area contributed by atoms with E-state index >= 15 is 0 Å². The first kappa shape index (κ1) is 9.32. The van der Waals surface area contributed by atoms with Crippen LogP contribution in [-0.4, -0.2) is 0 Å². The van der Waals surface area contributed by atoms with Gasteiger partial charge in [0.05, 0.1) is 0 Å². The van der Waals surface area contributed by atoms with E-state index in [1.54, 1.807) is 0 Å². The van der Waals surface area contributed by atoms with Gasteiger partial charge in [0.1, 0.15) is 0 Å². The molecule has 2 N–H and O–H groups in total. The molecule has 0 saturated heterocycles. The molecule has 0 heterocycles. The molecule has 0 radical (unpaired) electrons. The first-order chi connectivity index (χ1) is 6.68. The lowest BCUT2D eigenvalue weighted by molar-refractivity contribution is 0.801. The van der Waals surface area contributed by atoms with Crippen molar-refractivity contribution in [3.63, 3.8) is 0 Å². The second-order valence-corrected chi connectivity index (χ2v) is 4.20. The van der Waals surface area contributed by atoms with E-state index < -0.39 is 0 Å². The lowest BCUT2D eigenvalue weighted by Gasteiger charge is -2.14. The summed E-state index contributed by atoms with van der Waals surface area (Å²) in [7, 11) is 0. The van der Waals surface area contributed by atoms with E-state index in [2.05, 4.69) is 38.1 Å². The molecule has 1 aliphatic rings. The Hall–Kier alpha value is -1.24. The Bertz CT molecular complexity index is 377. The molecule has 0 aliphatic heterocycles. The van der Waals surface area contributed by atoms with Crippen LogP contribution in [-0.2, 0) is 0 Å². The van der Waals surface area contributed by atoms with Gasteiger partial charge in [0, 0.05) is 11.6 Å². The largest absolute Gasteiger partial charge is 0.398 e. The van der Waals surface area contributed by atoms with Crippen molar-refractivity contribution in [2.75, 3.05) is 5.73 Å². The minimum atomic E-state index is 0.550. The van der Waals surface area contributed by atoms with Crippen molar-refractivity contribution in [2.45, 2.75) is 32.6 Å². The molecule has 1 unspecified atom stereocenters. The predicted octanol–water partition coefficient (Wildman–Crippen LogP) is 3.32. The summed E-state index contributed by atoms with van der Waals surface area (Å²) >= 11 is 0. The van der Waals surface area contributed by atoms with Crippen LogP contribution in [0.4, 0.5) is 5.69 Å². The van der Waals surface area contributed by atoms with Crippen molar-refractivity contribution in [2.24, 2.45) is 0 Å². The number of hydrogen-bond acceptors (Lipinski definition) is 1. The van der Waals surface area contributed by atoms with Crippen molar-refractivity contribution >= 4 is 5.69 Å². The molecule has 0 fully saturated rings. The fourth-order valence-electron chi connectivity index (χ4n) is 2.21. The second-order valence-electron chi connectivity index (χ2n) is 4.20. The van der Waals surface area contributed by atoms with E-state index in [0.29, 0.717) is 5.92 Å². The number of nitrogens with two attached hydrogens (primary N) is 1. The quantitative estimate of drug-likeness (QED) is 0.529. The van der Waals surface area contributed by atoms with Gasteiger partial charge in [0.25, 0.3) is 0 Å². The van der Waals surface area contributed by atoms with Crippen LogP contribution in [0.15, 0.2) is 24.3 Å². The summed E-state index contributed by atoms with van der Waals surface area (Å²) in [5.74, 6) is 0.550. The van der Waals surface area contributed by atoms with Crippen molar-refractivity contribution < 1.29 is 0 Å². The fourth-order valence-corrected chi connectivity index (χ4v) is 2.21. The lowest BCUT2D eigenvalue weighted by Crippen LogP contribution is -2.01. The van der Waals surface area contributed by atoms with Crippen LogP contribution in [0.2, 0.25) is 0 Å². The normalized spacial score (nSPS) is 20.3. The maximum atomic E-state index is 6.10. The monoisotopic (exact) mass is 187 g/mol. The van der Waals surface area contributed by atoms with Crippen LogP contribution in [0, 0.1) is 13.8 Å². The van der Waals surface area contributed by atoms with E-state index in [1.807, 2.05) is 0 Å². The van der Waals surface area contributed by atoms with Crippen molar-refractivity contribution in [1.82, 2.24) is 0 Å². The predicted molar refractivity (Wildman–Crippen MR) is 61.4 cm³/mol. The van der Waals surface area contributed by atoms with Gasteiger partial charge in [-0.15, -0.1) is 0 Å². The Labute approximate surface area is 85.6 Å². The molecule has 0 bridgehead atoms. The Morgan fingerprint density at radius 1 is 1.29 bits per heavy atom. The maximum Gasteiger partial charge on any atom is 0.0382 e. The SMILES string of the molecule is Cc1cc(C)c(N)c(C2C=CCC2)c1. The molecular formula is C13H17N. The molecule has 0 spiro atoms. The first-order valence-corrected chi connectivity index (χ1v) is 5.22. The highest BCUT2D eigenvalue weighted by Gasteiger charge is 2.15. The highest BCUT2D eigenvalue weighted by molar-refractivity contribution is 5.57. The number of aryl methyl sites for hydroxylation is 2. The third-order valence-electron chi connectivity index (χ3n) is 2.98. The lowest BCUT2D eigenvalue weighted by atomic mass is 9.93. The molecule has 2 rings (SSSR count). The smallest absolute Gasteiger partial charge is 0.0382 e. The first-order valence-electron chi connectivity index (χ1n) is 5.22. The maximum absolute atomic E-state index is 6.10. The molecule has 1 aromatic rings. The number of benzene rings is 1. The Kier molecular flexibility index (Phi) is 2.32. The molecular weight excluding hydrogens is 170 g/mol. The molecule has 1 aliphatic carbocycles. The van der Waals surface area contributed by atoms with Gasteiger partial charge >= 0.3 is 0 Å². The van der Waals surface area contributed by atoms with Gasteiger partial charge < -0.3 is 5.73 Å². The topological polar surface area (TPSA) is 26.0 Å². The van der Waals surface area contributed by atoms with Gasteiger partial charge in [-0.2, -0.15) is 0 Å². The summed E-state index contributed by atoms with van der Waals surface area (Å²) in [5.41, 5.74) is 10.9. The minimum Gasteiger partial charge on any atom is -0.398 e. The Morgan fingerprint density at radius 2 is 2.07 bits per heavy atom. The number of hydrogen-bond donors (Lipinski definition) is 1. The fraction of sp³-hybridized carbons (Fsp3) is 0.385. The van der Waals surface area contributed by atoms with Crippen LogP contribution in [0.25, 0.3) is 0 Å². The molecule has 1 nitrogen and oxygen atoms in total. The standard InChI is InChI=1S/C13H17N/c1-9-7-10(2)13(14)12(8-9)11-5-3-4-6-11/h3,5,7-8,11H,4,6,14H2,1-2H3. The van der Waals surface area contributed by atoms with Crippen LogP contribution in [0.5, 0.6) is 0 Å². The van der Waals surface area contributed by atoms with Crippen molar-refractivity contribution in [3.8, 4) is 0 Å². The zero-order chi connectivity index (χ0) is 10.1. The van der Waals surface area contributed by atoms with Gasteiger partial charge in [0.2, 0.25) is 0 Å². The van der Waals surface area contributed by atoms with Crippen molar-refractivity contribution in [3.05, 3.63) is 41.0 Å².